The van der Waals surface area contributed by atoms with Gasteiger partial charge >= 0.3 is 0 Å². The van der Waals surface area contributed by atoms with Gasteiger partial charge in [-0.15, -0.1) is 0 Å². The van der Waals surface area contributed by atoms with Crippen LogP contribution in [0, 0.1) is 0 Å². The van der Waals surface area contributed by atoms with Crippen molar-refractivity contribution in [2.24, 2.45) is 0 Å². The second kappa shape index (κ2) is 5.02. The molecule has 2 N–H and O–H groups in total. The van der Waals surface area contributed by atoms with Gasteiger partial charge in [0.2, 0.25) is 11.2 Å². The molecule has 0 radical (unpaired) electrons. The third-order valence-corrected chi connectivity index (χ3v) is 5.09. The van der Waals surface area contributed by atoms with Crippen LogP contribution in [0.15, 0.2) is 45.6 Å². The Morgan fingerprint density at radius 3 is 2.48 bits per heavy atom. The predicted molar refractivity (Wildman–Crippen MR) is 94.4 cm³/mol. The summed E-state index contributed by atoms with van der Waals surface area (Å²) in [7, 11) is 0. The van der Waals surface area contributed by atoms with Gasteiger partial charge in [-0.1, -0.05) is 44.2 Å². The highest BCUT2D eigenvalue weighted by atomic mass is 16.5. The number of hydrogen-bond acceptors (Lipinski definition) is 5. The maximum atomic E-state index is 12.7. The van der Waals surface area contributed by atoms with Crippen molar-refractivity contribution in [2.45, 2.75) is 32.3 Å². The first-order chi connectivity index (χ1) is 11.8. The molecular weight excluding hydrogens is 320 g/mol. The van der Waals surface area contributed by atoms with Crippen molar-refractivity contribution in [3.05, 3.63) is 52.2 Å². The lowest BCUT2D eigenvalue weighted by molar-refractivity contribution is 0.185. The van der Waals surface area contributed by atoms with Crippen LogP contribution in [-0.4, -0.2) is 16.3 Å². The van der Waals surface area contributed by atoms with E-state index in [0.29, 0.717) is 11.3 Å². The van der Waals surface area contributed by atoms with Gasteiger partial charge in [0.15, 0.2) is 5.76 Å². The lowest BCUT2D eigenvalue weighted by Gasteiger charge is -2.22. The normalized spacial score (nSPS) is 18.1. The average molecular weight is 338 g/mol. The zero-order valence-corrected chi connectivity index (χ0v) is 14.2. The summed E-state index contributed by atoms with van der Waals surface area (Å²) in [6, 6.07) is 10.3. The molecule has 5 heteroatoms. The number of hydrogen-bond donors (Lipinski definition) is 2. The first-order valence-corrected chi connectivity index (χ1v) is 8.10. The molecule has 1 unspecified atom stereocenters. The number of phenolic OH excluding ortho intramolecular Hbond substituents is 1. The molecule has 2 aromatic carbocycles. The Hall–Kier alpha value is -2.95. The van der Waals surface area contributed by atoms with Crippen LogP contribution in [0.5, 0.6) is 17.2 Å². The molecule has 25 heavy (non-hydrogen) atoms. The summed E-state index contributed by atoms with van der Waals surface area (Å²) in [5, 5.41) is 20.6. The SMILES string of the molecule is CC1Oc2cc(O)c3c(=O)c(O)c(-c4ccccc4)oc3c2C1(C)C. The molecule has 0 fully saturated rings. The molecule has 3 aromatic rings. The molecule has 4 rings (SSSR count). The molecule has 1 aromatic heterocycles. The minimum atomic E-state index is -0.657. The summed E-state index contributed by atoms with van der Waals surface area (Å²) in [6.07, 6.45) is -0.146. The number of phenols is 1. The fourth-order valence-electron chi connectivity index (χ4n) is 3.34. The third kappa shape index (κ3) is 2.05. The van der Waals surface area contributed by atoms with Gasteiger partial charge in [-0.3, -0.25) is 4.79 Å². The standard InChI is InChI=1S/C20H18O5/c1-10-20(2,3)15-13(24-10)9-12(21)14-16(22)17(23)18(25-19(14)15)11-7-5-4-6-8-11/h4-10,21,23H,1-3H3. The second-order valence-electron chi connectivity index (χ2n) is 6.93. The van der Waals surface area contributed by atoms with Gasteiger partial charge in [0, 0.05) is 22.6 Å². The summed E-state index contributed by atoms with van der Waals surface area (Å²) in [5.74, 6) is -0.197. The van der Waals surface area contributed by atoms with Crippen molar-refractivity contribution in [1.82, 2.24) is 0 Å². The van der Waals surface area contributed by atoms with E-state index < -0.39 is 16.6 Å². The van der Waals surface area contributed by atoms with Crippen molar-refractivity contribution >= 4 is 11.0 Å². The van der Waals surface area contributed by atoms with E-state index in [4.69, 9.17) is 9.15 Å². The fraction of sp³-hybridized carbons (Fsp3) is 0.250. The van der Waals surface area contributed by atoms with Crippen molar-refractivity contribution in [3.63, 3.8) is 0 Å². The molecule has 0 saturated heterocycles. The van der Waals surface area contributed by atoms with Gasteiger partial charge in [-0.2, -0.15) is 0 Å². The third-order valence-electron chi connectivity index (χ3n) is 5.09. The lowest BCUT2D eigenvalue weighted by atomic mass is 9.81. The van der Waals surface area contributed by atoms with Crippen molar-refractivity contribution in [1.29, 1.82) is 0 Å². The summed E-state index contributed by atoms with van der Waals surface area (Å²) in [4.78, 5) is 12.7. The molecule has 0 saturated carbocycles. The average Bonchev–Trinajstić information content (AvgIpc) is 2.80. The second-order valence-corrected chi connectivity index (χ2v) is 6.93. The van der Waals surface area contributed by atoms with Crippen molar-refractivity contribution in [3.8, 4) is 28.6 Å². The van der Waals surface area contributed by atoms with E-state index in [1.54, 1.807) is 24.3 Å². The number of benzene rings is 2. The van der Waals surface area contributed by atoms with E-state index in [9.17, 15) is 15.0 Å². The summed E-state index contributed by atoms with van der Waals surface area (Å²) >= 11 is 0. The Balaban J connectivity index is 2.16. The highest BCUT2D eigenvalue weighted by molar-refractivity contribution is 5.92. The molecule has 128 valence electrons. The van der Waals surface area contributed by atoms with E-state index in [-0.39, 0.29) is 28.6 Å². The van der Waals surface area contributed by atoms with Gasteiger partial charge in [0.25, 0.3) is 0 Å². The summed E-state index contributed by atoms with van der Waals surface area (Å²) < 4.78 is 11.8. The fourth-order valence-corrected chi connectivity index (χ4v) is 3.34. The van der Waals surface area contributed by atoms with Crippen LogP contribution in [0.25, 0.3) is 22.3 Å². The van der Waals surface area contributed by atoms with E-state index in [2.05, 4.69) is 0 Å². The summed E-state index contributed by atoms with van der Waals surface area (Å²) in [6.45, 7) is 5.92. The van der Waals surface area contributed by atoms with E-state index >= 15 is 0 Å². The molecular formula is C20H18O5. The topological polar surface area (TPSA) is 79.9 Å². The minimum Gasteiger partial charge on any atom is -0.507 e. The van der Waals surface area contributed by atoms with E-state index in [1.165, 1.54) is 6.07 Å². The van der Waals surface area contributed by atoms with Crippen LogP contribution in [0.3, 0.4) is 0 Å². The first-order valence-electron chi connectivity index (χ1n) is 8.10. The van der Waals surface area contributed by atoms with E-state index in [0.717, 1.165) is 5.56 Å². The minimum absolute atomic E-state index is 0.0262. The zero-order valence-electron chi connectivity index (χ0n) is 14.2. The molecule has 0 spiro atoms. The first kappa shape index (κ1) is 15.6. The van der Waals surface area contributed by atoms with Crippen LogP contribution in [0.1, 0.15) is 26.3 Å². The molecule has 1 aliphatic heterocycles. The Bertz CT molecular complexity index is 1050. The highest BCUT2D eigenvalue weighted by Gasteiger charge is 2.42. The van der Waals surface area contributed by atoms with Crippen LogP contribution in [0.2, 0.25) is 0 Å². The zero-order chi connectivity index (χ0) is 17.9. The van der Waals surface area contributed by atoms with Crippen molar-refractivity contribution < 1.29 is 19.4 Å². The monoisotopic (exact) mass is 338 g/mol. The molecule has 5 nitrogen and oxygen atoms in total. The molecule has 0 bridgehead atoms. The smallest absolute Gasteiger partial charge is 0.238 e. The van der Waals surface area contributed by atoms with Gasteiger partial charge in [0.1, 0.15) is 28.6 Å². The molecule has 2 heterocycles. The number of fused-ring (bicyclic) bond motifs is 3. The maximum Gasteiger partial charge on any atom is 0.238 e. The highest BCUT2D eigenvalue weighted by Crippen LogP contribution is 2.49. The van der Waals surface area contributed by atoms with Gasteiger partial charge in [-0.25, -0.2) is 0 Å². The van der Waals surface area contributed by atoms with Crippen LogP contribution in [-0.2, 0) is 5.41 Å². The quantitative estimate of drug-likeness (QED) is 0.703. The van der Waals surface area contributed by atoms with Crippen LogP contribution < -0.4 is 10.2 Å². The number of aromatic hydroxyl groups is 2. The predicted octanol–water partition coefficient (Wildman–Crippen LogP) is 3.93. The Morgan fingerprint density at radius 2 is 1.80 bits per heavy atom. The van der Waals surface area contributed by atoms with Crippen LogP contribution in [0.4, 0.5) is 0 Å². The van der Waals surface area contributed by atoms with Gasteiger partial charge in [-0.05, 0) is 6.92 Å². The van der Waals surface area contributed by atoms with E-state index in [1.807, 2.05) is 26.8 Å². The van der Waals surface area contributed by atoms with Gasteiger partial charge < -0.3 is 19.4 Å². The molecule has 0 aliphatic carbocycles. The Labute approximate surface area is 144 Å². The van der Waals surface area contributed by atoms with Crippen molar-refractivity contribution in [2.75, 3.05) is 0 Å². The molecule has 1 aliphatic rings. The maximum absolute atomic E-state index is 12.7. The molecule has 0 amide bonds. The Morgan fingerprint density at radius 1 is 1.12 bits per heavy atom. The molecule has 1 atom stereocenters. The number of rotatable bonds is 1. The largest absolute Gasteiger partial charge is 0.507 e. The Kier molecular flexibility index (Phi) is 3.13. The lowest BCUT2D eigenvalue weighted by Crippen LogP contribution is -2.29. The number of ether oxygens (including phenoxy) is 1. The van der Waals surface area contributed by atoms with Gasteiger partial charge in [0.05, 0.1) is 0 Å². The summed E-state index contributed by atoms with van der Waals surface area (Å²) in [5.41, 5.74) is 0.493. The van der Waals surface area contributed by atoms with Crippen LogP contribution >= 0.6 is 0 Å².